The van der Waals surface area contributed by atoms with Gasteiger partial charge in [0.1, 0.15) is 6.10 Å². The molecular formula is C55H105NO5. The minimum Gasteiger partial charge on any atom is -0.462 e. The Bertz CT molecular complexity index is 966. The Hall–Kier alpha value is -1.66. The largest absolute Gasteiger partial charge is 0.462 e. The second kappa shape index (κ2) is 49.4. The van der Waals surface area contributed by atoms with Gasteiger partial charge in [-0.15, -0.1) is 0 Å². The van der Waals surface area contributed by atoms with Gasteiger partial charge in [0.25, 0.3) is 0 Å². The molecule has 0 fully saturated rings. The van der Waals surface area contributed by atoms with Crippen LogP contribution in [0.2, 0.25) is 0 Å². The molecule has 0 spiro atoms. The Kier molecular flexibility index (Phi) is 48.0. The standard InChI is InChI=1S/C55H105NO5/c1-4-7-10-13-16-19-22-24-26-27-28-30-33-36-39-42-45-48-55(60)61-51(46-43-40-37-34-31-21-18-15-12-9-6-3)49-54(59)56-52(50-57)53(58)47-44-41-38-35-32-29-25-23-20-17-14-11-8-5-2/h24,26,34,37,51-53,57-58H,4-23,25,27-33,35-36,38-50H2,1-3H3,(H,56,59)/b26-24+,37-34-. The summed E-state index contributed by atoms with van der Waals surface area (Å²) in [5.41, 5.74) is 0. The lowest BCUT2D eigenvalue weighted by atomic mass is 10.0. The van der Waals surface area contributed by atoms with Gasteiger partial charge in [0.2, 0.25) is 5.91 Å². The lowest BCUT2D eigenvalue weighted by Crippen LogP contribution is -2.46. The van der Waals surface area contributed by atoms with Crippen molar-refractivity contribution in [3.63, 3.8) is 0 Å². The van der Waals surface area contributed by atoms with E-state index in [9.17, 15) is 19.8 Å². The highest BCUT2D eigenvalue weighted by molar-refractivity contribution is 5.77. The number of aliphatic hydroxyl groups is 2. The molecule has 6 nitrogen and oxygen atoms in total. The molecule has 0 aromatic carbocycles. The topological polar surface area (TPSA) is 95.9 Å². The molecule has 0 bridgehead atoms. The van der Waals surface area contributed by atoms with E-state index in [1.165, 1.54) is 193 Å². The van der Waals surface area contributed by atoms with Crippen molar-refractivity contribution >= 4 is 11.9 Å². The number of unbranched alkanes of at least 4 members (excludes halogenated alkanes) is 33. The molecule has 0 aliphatic carbocycles. The first-order valence-corrected chi connectivity index (χ1v) is 27.1. The maximum atomic E-state index is 13.2. The smallest absolute Gasteiger partial charge is 0.306 e. The SMILES string of the molecule is CCCCCCCC/C=C\CCCC(CC(=O)NC(CO)C(O)CCCCCCCCCCCCCCCC)OC(=O)CCCCCCCCC/C=C/CCCCCCCC. The molecule has 3 atom stereocenters. The summed E-state index contributed by atoms with van der Waals surface area (Å²) < 4.78 is 5.92. The monoisotopic (exact) mass is 860 g/mol. The number of hydrogen-bond donors (Lipinski definition) is 3. The van der Waals surface area contributed by atoms with Gasteiger partial charge in [-0.1, -0.05) is 231 Å². The lowest BCUT2D eigenvalue weighted by Gasteiger charge is -2.24. The molecule has 0 aliphatic heterocycles. The van der Waals surface area contributed by atoms with E-state index in [1.54, 1.807) is 0 Å². The molecule has 0 heterocycles. The zero-order chi connectivity index (χ0) is 44.5. The second-order valence-electron chi connectivity index (χ2n) is 18.6. The van der Waals surface area contributed by atoms with Crippen molar-refractivity contribution in [1.82, 2.24) is 5.32 Å². The second-order valence-corrected chi connectivity index (χ2v) is 18.6. The van der Waals surface area contributed by atoms with Crippen LogP contribution >= 0.6 is 0 Å². The summed E-state index contributed by atoms with van der Waals surface area (Å²) >= 11 is 0. The summed E-state index contributed by atoms with van der Waals surface area (Å²) in [6, 6.07) is -0.706. The first kappa shape index (κ1) is 59.3. The van der Waals surface area contributed by atoms with Gasteiger partial charge in [0.15, 0.2) is 0 Å². The van der Waals surface area contributed by atoms with E-state index < -0.39 is 18.2 Å². The average molecular weight is 860 g/mol. The number of amides is 1. The van der Waals surface area contributed by atoms with Crippen LogP contribution in [-0.4, -0.2) is 46.9 Å². The Morgan fingerprint density at radius 3 is 1.20 bits per heavy atom. The minimum atomic E-state index is -0.791. The van der Waals surface area contributed by atoms with E-state index in [4.69, 9.17) is 4.74 Å². The van der Waals surface area contributed by atoms with Crippen molar-refractivity contribution in [3.8, 4) is 0 Å². The van der Waals surface area contributed by atoms with E-state index in [0.717, 1.165) is 51.4 Å². The average Bonchev–Trinajstić information content (AvgIpc) is 3.25. The van der Waals surface area contributed by atoms with Gasteiger partial charge in [0, 0.05) is 6.42 Å². The van der Waals surface area contributed by atoms with Crippen LogP contribution in [0.1, 0.15) is 290 Å². The van der Waals surface area contributed by atoms with Crippen molar-refractivity contribution in [1.29, 1.82) is 0 Å². The summed E-state index contributed by atoms with van der Waals surface area (Å²) in [5.74, 6) is -0.496. The van der Waals surface area contributed by atoms with Gasteiger partial charge < -0.3 is 20.3 Å². The molecule has 6 heteroatoms. The van der Waals surface area contributed by atoms with Crippen molar-refractivity contribution in [2.45, 2.75) is 309 Å². The van der Waals surface area contributed by atoms with Gasteiger partial charge in [0.05, 0.1) is 25.2 Å². The van der Waals surface area contributed by atoms with E-state index in [-0.39, 0.29) is 24.9 Å². The molecule has 0 radical (unpaired) electrons. The van der Waals surface area contributed by atoms with E-state index >= 15 is 0 Å². The summed E-state index contributed by atoms with van der Waals surface area (Å²) in [6.45, 7) is 6.48. The third-order valence-electron chi connectivity index (χ3n) is 12.5. The molecule has 61 heavy (non-hydrogen) atoms. The number of ether oxygens (including phenoxy) is 1. The molecule has 3 N–H and O–H groups in total. The van der Waals surface area contributed by atoms with Crippen LogP contribution in [0.5, 0.6) is 0 Å². The van der Waals surface area contributed by atoms with Crippen molar-refractivity contribution in [2.75, 3.05) is 6.61 Å². The molecular weight excluding hydrogens is 755 g/mol. The van der Waals surface area contributed by atoms with Crippen LogP contribution in [0.3, 0.4) is 0 Å². The first-order chi connectivity index (χ1) is 30.0. The van der Waals surface area contributed by atoms with Gasteiger partial charge >= 0.3 is 5.97 Å². The number of nitrogens with one attached hydrogen (secondary N) is 1. The molecule has 0 aromatic heterocycles. The number of allylic oxidation sites excluding steroid dienone is 4. The van der Waals surface area contributed by atoms with Crippen molar-refractivity contribution in [3.05, 3.63) is 24.3 Å². The molecule has 0 aliphatic rings. The fourth-order valence-electron chi connectivity index (χ4n) is 8.37. The summed E-state index contributed by atoms with van der Waals surface area (Å²) in [4.78, 5) is 26.1. The van der Waals surface area contributed by atoms with Gasteiger partial charge in [-0.05, 0) is 70.6 Å². The number of aliphatic hydroxyl groups excluding tert-OH is 2. The lowest BCUT2D eigenvalue weighted by molar-refractivity contribution is -0.151. The quantitative estimate of drug-likeness (QED) is 0.0322. The minimum absolute atomic E-state index is 0.0591. The molecule has 1 amide bonds. The first-order valence-electron chi connectivity index (χ1n) is 27.1. The zero-order valence-corrected chi connectivity index (χ0v) is 41.1. The highest BCUT2D eigenvalue weighted by Crippen LogP contribution is 2.18. The molecule has 3 unspecified atom stereocenters. The van der Waals surface area contributed by atoms with Gasteiger partial charge in [-0.3, -0.25) is 9.59 Å². The Morgan fingerprint density at radius 1 is 0.459 bits per heavy atom. The predicted octanol–water partition coefficient (Wildman–Crippen LogP) is 16.3. The molecule has 0 aromatic rings. The van der Waals surface area contributed by atoms with Gasteiger partial charge in [-0.2, -0.15) is 0 Å². The van der Waals surface area contributed by atoms with E-state index in [0.29, 0.717) is 19.3 Å². The van der Waals surface area contributed by atoms with E-state index in [1.807, 2.05) is 0 Å². The van der Waals surface area contributed by atoms with Crippen LogP contribution in [-0.2, 0) is 14.3 Å². The fourth-order valence-corrected chi connectivity index (χ4v) is 8.37. The maximum absolute atomic E-state index is 13.2. The zero-order valence-electron chi connectivity index (χ0n) is 41.1. The molecule has 0 rings (SSSR count). The van der Waals surface area contributed by atoms with Crippen LogP contribution in [0.25, 0.3) is 0 Å². The Morgan fingerprint density at radius 2 is 0.803 bits per heavy atom. The number of carbonyl (C=O) groups is 2. The molecule has 0 saturated carbocycles. The van der Waals surface area contributed by atoms with Crippen LogP contribution in [0, 0.1) is 0 Å². The Labute approximate surface area is 380 Å². The maximum Gasteiger partial charge on any atom is 0.306 e. The highest BCUT2D eigenvalue weighted by atomic mass is 16.5. The third-order valence-corrected chi connectivity index (χ3v) is 12.5. The Balaban J connectivity index is 4.50. The van der Waals surface area contributed by atoms with Crippen LogP contribution < -0.4 is 5.32 Å². The number of esters is 1. The van der Waals surface area contributed by atoms with Crippen molar-refractivity contribution in [2.24, 2.45) is 0 Å². The van der Waals surface area contributed by atoms with Gasteiger partial charge in [-0.25, -0.2) is 0 Å². The fraction of sp³-hybridized carbons (Fsp3) is 0.891. The third kappa shape index (κ3) is 44.7. The molecule has 0 saturated heterocycles. The van der Waals surface area contributed by atoms with E-state index in [2.05, 4.69) is 50.4 Å². The summed E-state index contributed by atoms with van der Waals surface area (Å²) in [5, 5.41) is 23.8. The number of rotatable bonds is 49. The molecule has 360 valence electrons. The normalized spacial score (nSPS) is 13.3. The van der Waals surface area contributed by atoms with Crippen molar-refractivity contribution < 1.29 is 24.5 Å². The number of carbonyl (C=O) groups excluding carboxylic acids is 2. The summed E-state index contributed by atoms with van der Waals surface area (Å²) in [7, 11) is 0. The van der Waals surface area contributed by atoms with Crippen LogP contribution in [0.4, 0.5) is 0 Å². The number of hydrogen-bond acceptors (Lipinski definition) is 5. The highest BCUT2D eigenvalue weighted by Gasteiger charge is 2.24. The van der Waals surface area contributed by atoms with Crippen LogP contribution in [0.15, 0.2) is 24.3 Å². The summed E-state index contributed by atoms with van der Waals surface area (Å²) in [6.07, 6.45) is 56.7. The predicted molar refractivity (Wildman–Crippen MR) is 264 cm³/mol.